The Hall–Kier alpha value is -2.64. The number of hydrogen-bond acceptors (Lipinski definition) is 6. The summed E-state index contributed by atoms with van der Waals surface area (Å²) < 4.78 is 1.98. The number of fused-ring (bicyclic) bond motifs is 1. The Labute approximate surface area is 147 Å². The molecule has 2 aromatic heterocycles. The minimum atomic E-state index is -0.0452. The van der Waals surface area contributed by atoms with Crippen LogP contribution in [0.4, 0.5) is 17.5 Å². The number of aromatic nitrogens is 4. The van der Waals surface area contributed by atoms with Crippen molar-refractivity contribution in [1.82, 2.24) is 19.7 Å². The normalized spacial score (nSPS) is 14.9. The number of hydrogen-bond donors (Lipinski definition) is 2. The van der Waals surface area contributed by atoms with Crippen LogP contribution < -0.4 is 15.5 Å². The maximum Gasteiger partial charge on any atom is 0.244 e. The summed E-state index contributed by atoms with van der Waals surface area (Å²) in [4.78, 5) is 22.5. The predicted molar refractivity (Wildman–Crippen MR) is 97.7 cm³/mol. The largest absolute Gasteiger partial charge is 0.350 e. The number of amides is 1. The monoisotopic (exact) mass is 343 g/mol. The molecule has 0 saturated heterocycles. The van der Waals surface area contributed by atoms with E-state index in [-0.39, 0.29) is 5.91 Å². The molecule has 25 heavy (non-hydrogen) atoms. The first kappa shape index (κ1) is 17.2. The Kier molecular flexibility index (Phi) is 4.87. The third-order valence-electron chi connectivity index (χ3n) is 4.41. The van der Waals surface area contributed by atoms with E-state index in [9.17, 15) is 4.79 Å². The summed E-state index contributed by atoms with van der Waals surface area (Å²) in [5.41, 5.74) is 2.52. The molecule has 1 aliphatic heterocycles. The molecule has 2 aromatic rings. The lowest BCUT2D eigenvalue weighted by atomic mass is 10.1. The van der Waals surface area contributed by atoms with Crippen LogP contribution in [0.15, 0.2) is 12.4 Å². The zero-order valence-corrected chi connectivity index (χ0v) is 15.2. The standard InChI is InChI=1S/C17H25N7O/c1-5-11(2)8-24-9-13(7-19-24)6-18-17-20-12(3)15-16(22-17)23(4)10-14(25)21-15/h7,9,11H,5-6,8,10H2,1-4H3,(H,21,25)(H,18,20,22)/t11-/m0/s1. The van der Waals surface area contributed by atoms with Gasteiger partial charge in [0.1, 0.15) is 5.69 Å². The van der Waals surface area contributed by atoms with Crippen molar-refractivity contribution in [1.29, 1.82) is 0 Å². The number of aryl methyl sites for hydroxylation is 1. The molecular formula is C17H25N7O. The summed E-state index contributed by atoms with van der Waals surface area (Å²) in [6.45, 7) is 8.11. The smallest absolute Gasteiger partial charge is 0.244 e. The molecule has 1 amide bonds. The Morgan fingerprint density at radius 1 is 1.40 bits per heavy atom. The van der Waals surface area contributed by atoms with E-state index in [1.54, 1.807) is 0 Å². The second kappa shape index (κ2) is 7.08. The van der Waals surface area contributed by atoms with Crippen LogP contribution in [-0.4, -0.2) is 39.2 Å². The van der Waals surface area contributed by atoms with Gasteiger partial charge in [-0.1, -0.05) is 20.3 Å². The molecule has 3 rings (SSSR count). The van der Waals surface area contributed by atoms with Gasteiger partial charge in [-0.2, -0.15) is 10.1 Å². The molecule has 0 unspecified atom stereocenters. The average Bonchev–Trinajstić information content (AvgIpc) is 3.01. The van der Waals surface area contributed by atoms with Crippen molar-refractivity contribution in [3.8, 4) is 0 Å². The highest BCUT2D eigenvalue weighted by Gasteiger charge is 2.23. The van der Waals surface area contributed by atoms with Gasteiger partial charge in [-0.15, -0.1) is 0 Å². The molecule has 0 radical (unpaired) electrons. The lowest BCUT2D eigenvalue weighted by molar-refractivity contribution is -0.115. The van der Waals surface area contributed by atoms with Gasteiger partial charge >= 0.3 is 0 Å². The van der Waals surface area contributed by atoms with E-state index in [2.05, 4.69) is 45.7 Å². The summed E-state index contributed by atoms with van der Waals surface area (Å²) in [6, 6.07) is 0. The summed E-state index contributed by atoms with van der Waals surface area (Å²) in [5.74, 6) is 1.85. The fraction of sp³-hybridized carbons (Fsp3) is 0.529. The lowest BCUT2D eigenvalue weighted by Crippen LogP contribution is -2.36. The van der Waals surface area contributed by atoms with Gasteiger partial charge in [0.15, 0.2) is 5.82 Å². The van der Waals surface area contributed by atoms with Crippen LogP contribution >= 0.6 is 0 Å². The highest BCUT2D eigenvalue weighted by Crippen LogP contribution is 2.29. The lowest BCUT2D eigenvalue weighted by Gasteiger charge is -2.27. The van der Waals surface area contributed by atoms with Gasteiger partial charge in [0.05, 0.1) is 18.4 Å². The number of likely N-dealkylation sites (N-methyl/N-ethyl adjacent to an activating group) is 1. The second-order valence-electron chi connectivity index (χ2n) is 6.67. The van der Waals surface area contributed by atoms with Crippen LogP contribution in [0.1, 0.15) is 31.5 Å². The van der Waals surface area contributed by atoms with Crippen molar-refractivity contribution in [3.63, 3.8) is 0 Å². The summed E-state index contributed by atoms with van der Waals surface area (Å²) >= 11 is 0. The Bertz CT molecular complexity index is 770. The second-order valence-corrected chi connectivity index (χ2v) is 6.67. The Balaban J connectivity index is 1.69. The minimum absolute atomic E-state index is 0.0452. The van der Waals surface area contributed by atoms with Crippen molar-refractivity contribution in [2.45, 2.75) is 40.3 Å². The first-order valence-electron chi connectivity index (χ1n) is 8.61. The molecule has 0 fully saturated rings. The molecule has 2 N–H and O–H groups in total. The van der Waals surface area contributed by atoms with Gasteiger partial charge < -0.3 is 15.5 Å². The first-order chi connectivity index (χ1) is 12.0. The maximum absolute atomic E-state index is 11.7. The molecule has 1 aliphatic rings. The first-order valence-corrected chi connectivity index (χ1v) is 8.61. The molecular weight excluding hydrogens is 318 g/mol. The summed E-state index contributed by atoms with van der Waals surface area (Å²) in [7, 11) is 1.85. The third-order valence-corrected chi connectivity index (χ3v) is 4.41. The summed E-state index contributed by atoms with van der Waals surface area (Å²) in [6.07, 6.45) is 5.06. The van der Waals surface area contributed by atoms with Gasteiger partial charge in [-0.3, -0.25) is 9.48 Å². The van der Waals surface area contributed by atoms with E-state index in [0.29, 0.717) is 30.6 Å². The number of nitrogens with zero attached hydrogens (tertiary/aromatic N) is 5. The quantitative estimate of drug-likeness (QED) is 0.834. The van der Waals surface area contributed by atoms with Crippen molar-refractivity contribution in [2.75, 3.05) is 29.1 Å². The topological polar surface area (TPSA) is 88.0 Å². The molecule has 1 atom stereocenters. The molecule has 0 bridgehead atoms. The zero-order valence-electron chi connectivity index (χ0n) is 15.2. The highest BCUT2D eigenvalue weighted by molar-refractivity contribution is 6.00. The van der Waals surface area contributed by atoms with Gasteiger partial charge in [-0.25, -0.2) is 4.98 Å². The Morgan fingerprint density at radius 3 is 2.96 bits per heavy atom. The van der Waals surface area contributed by atoms with E-state index in [0.717, 1.165) is 30.0 Å². The molecule has 8 nitrogen and oxygen atoms in total. The molecule has 8 heteroatoms. The zero-order chi connectivity index (χ0) is 18.0. The molecule has 0 aromatic carbocycles. The highest BCUT2D eigenvalue weighted by atomic mass is 16.2. The van der Waals surface area contributed by atoms with Crippen LogP contribution in [0.3, 0.4) is 0 Å². The van der Waals surface area contributed by atoms with Crippen molar-refractivity contribution in [2.24, 2.45) is 5.92 Å². The number of nitrogens with one attached hydrogen (secondary N) is 2. The molecule has 134 valence electrons. The van der Waals surface area contributed by atoms with E-state index >= 15 is 0 Å². The number of carbonyl (C=O) groups is 1. The number of carbonyl (C=O) groups excluding carboxylic acids is 1. The van der Waals surface area contributed by atoms with Crippen LogP contribution in [0, 0.1) is 12.8 Å². The van der Waals surface area contributed by atoms with E-state index in [1.807, 2.05) is 29.7 Å². The van der Waals surface area contributed by atoms with Crippen LogP contribution in [0.25, 0.3) is 0 Å². The van der Waals surface area contributed by atoms with Crippen molar-refractivity contribution >= 4 is 23.4 Å². The van der Waals surface area contributed by atoms with Crippen LogP contribution in [0.2, 0.25) is 0 Å². The number of anilines is 3. The van der Waals surface area contributed by atoms with Crippen LogP contribution in [-0.2, 0) is 17.9 Å². The van der Waals surface area contributed by atoms with Gasteiger partial charge in [0, 0.05) is 31.9 Å². The van der Waals surface area contributed by atoms with E-state index in [4.69, 9.17) is 0 Å². The SMILES string of the molecule is CC[C@H](C)Cn1cc(CNc2nc(C)c3c(n2)N(C)CC(=O)N3)cn1. The molecule has 0 saturated carbocycles. The summed E-state index contributed by atoms with van der Waals surface area (Å²) in [5, 5.41) is 10.5. The van der Waals surface area contributed by atoms with Crippen LogP contribution in [0.5, 0.6) is 0 Å². The van der Waals surface area contributed by atoms with Gasteiger partial charge in [0.25, 0.3) is 0 Å². The maximum atomic E-state index is 11.7. The fourth-order valence-corrected chi connectivity index (χ4v) is 2.76. The van der Waals surface area contributed by atoms with Gasteiger partial charge in [-0.05, 0) is 12.8 Å². The Morgan fingerprint density at radius 2 is 2.20 bits per heavy atom. The van der Waals surface area contributed by atoms with E-state index < -0.39 is 0 Å². The molecule has 0 spiro atoms. The minimum Gasteiger partial charge on any atom is -0.350 e. The van der Waals surface area contributed by atoms with Gasteiger partial charge in [0.2, 0.25) is 11.9 Å². The third kappa shape index (κ3) is 3.89. The van der Waals surface area contributed by atoms with Crippen molar-refractivity contribution in [3.05, 3.63) is 23.7 Å². The number of rotatable bonds is 6. The predicted octanol–water partition coefficient (Wildman–Crippen LogP) is 2.03. The fourth-order valence-electron chi connectivity index (χ4n) is 2.76. The van der Waals surface area contributed by atoms with E-state index in [1.165, 1.54) is 0 Å². The molecule has 0 aliphatic carbocycles. The average molecular weight is 343 g/mol. The molecule has 3 heterocycles. The van der Waals surface area contributed by atoms with Crippen molar-refractivity contribution < 1.29 is 4.79 Å².